The van der Waals surface area contributed by atoms with Gasteiger partial charge < -0.3 is 25.0 Å². The summed E-state index contributed by atoms with van der Waals surface area (Å²) in [4.78, 5) is 56.8. The van der Waals surface area contributed by atoms with Crippen LogP contribution in [0.15, 0.2) is 60.9 Å². The van der Waals surface area contributed by atoms with Gasteiger partial charge in [0.05, 0.1) is 18.0 Å². The highest BCUT2D eigenvalue weighted by Crippen LogP contribution is 2.21. The molecular weight excluding hydrogens is 504 g/mol. The highest BCUT2D eigenvalue weighted by Gasteiger charge is 2.29. The van der Waals surface area contributed by atoms with Gasteiger partial charge in [0.2, 0.25) is 0 Å². The van der Waals surface area contributed by atoms with E-state index in [4.69, 9.17) is 9.47 Å². The van der Waals surface area contributed by atoms with E-state index in [2.05, 4.69) is 20.7 Å². The number of benzene rings is 1. The third-order valence-corrected chi connectivity index (χ3v) is 5.98. The van der Waals surface area contributed by atoms with Crippen LogP contribution in [0, 0.1) is 0 Å². The second-order valence-electron chi connectivity index (χ2n) is 8.71. The van der Waals surface area contributed by atoms with Crippen molar-refractivity contribution < 1.29 is 28.7 Å². The van der Waals surface area contributed by atoms with Crippen molar-refractivity contribution >= 4 is 23.9 Å². The molecule has 12 nitrogen and oxygen atoms in total. The number of piperazine rings is 1. The van der Waals surface area contributed by atoms with Crippen molar-refractivity contribution in [3.63, 3.8) is 0 Å². The second-order valence-corrected chi connectivity index (χ2v) is 8.71. The van der Waals surface area contributed by atoms with Crippen molar-refractivity contribution in [2.24, 2.45) is 0 Å². The zero-order valence-electron chi connectivity index (χ0n) is 21.5. The Morgan fingerprint density at radius 2 is 1.85 bits per heavy atom. The van der Waals surface area contributed by atoms with Gasteiger partial charge in [0.15, 0.2) is 0 Å². The summed E-state index contributed by atoms with van der Waals surface area (Å²) in [5.41, 5.74) is 1.90. The summed E-state index contributed by atoms with van der Waals surface area (Å²) in [7, 11) is 0. The number of nitrogens with one attached hydrogen (secondary N) is 2. The number of ether oxygens (including phenoxy) is 2. The molecule has 1 unspecified atom stereocenters. The Morgan fingerprint density at radius 1 is 1.08 bits per heavy atom. The molecule has 2 amide bonds. The van der Waals surface area contributed by atoms with Gasteiger partial charge in [0.25, 0.3) is 5.91 Å². The number of rotatable bonds is 9. The zero-order chi connectivity index (χ0) is 27.6. The van der Waals surface area contributed by atoms with Crippen LogP contribution < -0.4 is 10.6 Å². The molecule has 1 aromatic carbocycles. The van der Waals surface area contributed by atoms with Crippen molar-refractivity contribution in [2.75, 3.05) is 32.8 Å². The lowest BCUT2D eigenvalue weighted by Crippen LogP contribution is -2.49. The van der Waals surface area contributed by atoms with Crippen LogP contribution in [0.2, 0.25) is 0 Å². The number of amides is 2. The number of nitrogens with zero attached hydrogens (tertiary/aromatic N) is 4. The monoisotopic (exact) mass is 534 g/mol. The molecule has 1 atom stereocenters. The van der Waals surface area contributed by atoms with E-state index in [1.807, 2.05) is 30.3 Å². The number of carbonyl (C=O) groups excluding carboxylic acids is 4. The third kappa shape index (κ3) is 7.48. The van der Waals surface area contributed by atoms with Gasteiger partial charge >= 0.3 is 18.0 Å². The lowest BCUT2D eigenvalue weighted by molar-refractivity contribution is -0.144. The fourth-order valence-electron chi connectivity index (χ4n) is 3.99. The van der Waals surface area contributed by atoms with E-state index in [1.54, 1.807) is 36.1 Å². The third-order valence-electron chi connectivity index (χ3n) is 5.98. The molecule has 1 fully saturated rings. The van der Waals surface area contributed by atoms with Gasteiger partial charge in [-0.25, -0.2) is 19.3 Å². The quantitative estimate of drug-likeness (QED) is 0.311. The van der Waals surface area contributed by atoms with Crippen molar-refractivity contribution in [3.05, 3.63) is 66.6 Å². The Hall–Kier alpha value is -4.58. The minimum absolute atomic E-state index is 0.0178. The number of hydrogen-bond acceptors (Lipinski definition) is 9. The lowest BCUT2D eigenvalue weighted by atomic mass is 10.1. The number of esters is 2. The Labute approximate surface area is 225 Å². The van der Waals surface area contributed by atoms with Crippen LogP contribution in [0.5, 0.6) is 0 Å². The summed E-state index contributed by atoms with van der Waals surface area (Å²) >= 11 is 0. The van der Waals surface area contributed by atoms with E-state index in [0.717, 1.165) is 5.56 Å². The van der Waals surface area contributed by atoms with Gasteiger partial charge in [-0.2, -0.15) is 5.10 Å². The molecule has 0 radical (unpaired) electrons. The van der Waals surface area contributed by atoms with E-state index < -0.39 is 30.0 Å². The molecule has 0 spiro atoms. The molecule has 12 heteroatoms. The summed E-state index contributed by atoms with van der Waals surface area (Å²) in [6, 6.07) is 13.1. The van der Waals surface area contributed by atoms with Gasteiger partial charge in [0, 0.05) is 50.6 Å². The Bertz CT molecular complexity index is 1290. The standard InChI is InChI=1S/C27H30N6O6/c1-2-38-24(34)10-9-21(26(36)39-27(37)32-15-12-28-13-16-32)31-25(35)23-18-20(33-14-6-11-29-33)17-22(30-23)19-7-4-3-5-8-19/h3-8,11,14,17-18,21,28H,2,9-10,12-13,15-16H2,1H3,(H,31,35). The molecule has 1 saturated heterocycles. The van der Waals surface area contributed by atoms with Gasteiger partial charge in [-0.1, -0.05) is 30.3 Å². The molecular formula is C27H30N6O6. The summed E-state index contributed by atoms with van der Waals surface area (Å²) in [5.74, 6) is -2.19. The lowest BCUT2D eigenvalue weighted by Gasteiger charge is -2.26. The van der Waals surface area contributed by atoms with Gasteiger partial charge in [0.1, 0.15) is 11.7 Å². The normalized spacial score (nSPS) is 13.8. The van der Waals surface area contributed by atoms with Crippen molar-refractivity contribution in [2.45, 2.75) is 25.8 Å². The molecule has 2 N–H and O–H groups in total. The van der Waals surface area contributed by atoms with Gasteiger partial charge in [-0.15, -0.1) is 0 Å². The molecule has 0 saturated carbocycles. The minimum Gasteiger partial charge on any atom is -0.466 e. The number of aromatic nitrogens is 3. The summed E-state index contributed by atoms with van der Waals surface area (Å²) in [6.45, 7) is 3.77. The molecule has 0 aliphatic carbocycles. The van der Waals surface area contributed by atoms with Crippen molar-refractivity contribution in [1.29, 1.82) is 0 Å². The fraction of sp³-hybridized carbons (Fsp3) is 0.333. The molecule has 204 valence electrons. The van der Waals surface area contributed by atoms with E-state index in [-0.39, 0.29) is 25.1 Å². The van der Waals surface area contributed by atoms with Crippen LogP contribution in [0.3, 0.4) is 0 Å². The van der Waals surface area contributed by atoms with Crippen molar-refractivity contribution in [3.8, 4) is 16.9 Å². The van der Waals surface area contributed by atoms with Crippen LogP contribution in [0.4, 0.5) is 4.79 Å². The Morgan fingerprint density at radius 3 is 2.54 bits per heavy atom. The van der Waals surface area contributed by atoms with E-state index in [1.165, 1.54) is 11.0 Å². The van der Waals surface area contributed by atoms with E-state index in [0.29, 0.717) is 37.6 Å². The molecule has 3 aromatic rings. The fourth-order valence-corrected chi connectivity index (χ4v) is 3.99. The summed E-state index contributed by atoms with van der Waals surface area (Å²) in [6.07, 6.45) is 2.25. The number of pyridine rings is 1. The predicted molar refractivity (Wildman–Crippen MR) is 140 cm³/mol. The highest BCUT2D eigenvalue weighted by molar-refractivity contribution is 5.97. The first-order valence-corrected chi connectivity index (χ1v) is 12.7. The molecule has 0 bridgehead atoms. The molecule has 2 aromatic heterocycles. The summed E-state index contributed by atoms with van der Waals surface area (Å²) in [5, 5.41) is 9.94. The van der Waals surface area contributed by atoms with E-state index >= 15 is 0 Å². The van der Waals surface area contributed by atoms with Gasteiger partial charge in [-0.05, 0) is 31.5 Å². The Balaban J connectivity index is 1.57. The molecule has 1 aliphatic heterocycles. The maximum absolute atomic E-state index is 13.4. The van der Waals surface area contributed by atoms with Crippen LogP contribution in [-0.4, -0.2) is 82.4 Å². The van der Waals surface area contributed by atoms with E-state index in [9.17, 15) is 19.2 Å². The largest absolute Gasteiger partial charge is 0.466 e. The van der Waals surface area contributed by atoms with Gasteiger partial charge in [-0.3, -0.25) is 9.59 Å². The predicted octanol–water partition coefficient (Wildman–Crippen LogP) is 1.94. The molecule has 39 heavy (non-hydrogen) atoms. The average Bonchev–Trinajstić information content (AvgIpc) is 3.51. The maximum Gasteiger partial charge on any atom is 0.417 e. The molecule has 1 aliphatic rings. The van der Waals surface area contributed by atoms with Crippen LogP contribution >= 0.6 is 0 Å². The number of hydrogen-bond donors (Lipinski definition) is 2. The maximum atomic E-state index is 13.4. The molecule has 3 heterocycles. The van der Waals surface area contributed by atoms with Crippen LogP contribution in [0.1, 0.15) is 30.3 Å². The Kier molecular flexibility index (Phi) is 9.35. The van der Waals surface area contributed by atoms with Crippen LogP contribution in [-0.2, 0) is 19.1 Å². The average molecular weight is 535 g/mol. The first kappa shape index (κ1) is 27.5. The molecule has 4 rings (SSSR count). The highest BCUT2D eigenvalue weighted by atomic mass is 16.6. The first-order valence-electron chi connectivity index (χ1n) is 12.7. The van der Waals surface area contributed by atoms with Crippen molar-refractivity contribution in [1.82, 2.24) is 30.3 Å². The number of carbonyl (C=O) groups is 4. The van der Waals surface area contributed by atoms with Crippen LogP contribution in [0.25, 0.3) is 16.9 Å². The summed E-state index contributed by atoms with van der Waals surface area (Å²) < 4.78 is 11.6. The second kappa shape index (κ2) is 13.3. The SMILES string of the molecule is CCOC(=O)CCC(NC(=O)c1cc(-n2cccn2)cc(-c2ccccc2)n1)C(=O)OC(=O)N1CCNCC1. The minimum atomic E-state index is -1.29. The first-order chi connectivity index (χ1) is 18.9. The smallest absolute Gasteiger partial charge is 0.417 e. The topological polar surface area (TPSA) is 145 Å². The zero-order valence-corrected chi connectivity index (χ0v) is 21.5.